The molecule has 2 heterocycles. The molecule has 4 aromatic rings. The Kier molecular flexibility index (Phi) is 5.16. The lowest BCUT2D eigenvalue weighted by atomic mass is 10.1. The highest BCUT2D eigenvalue weighted by Crippen LogP contribution is 2.23. The Labute approximate surface area is 161 Å². The smallest absolute Gasteiger partial charge is 0.137 e. The average Bonchev–Trinajstić information content (AvgIpc) is 3.21. The number of nitrogens with one attached hydrogen (secondary N) is 1. The Morgan fingerprint density at radius 1 is 1.04 bits per heavy atom. The molecule has 0 saturated heterocycles. The zero-order chi connectivity index (χ0) is 18.5. The molecule has 0 aliphatic rings. The van der Waals surface area contributed by atoms with Gasteiger partial charge >= 0.3 is 0 Å². The van der Waals surface area contributed by atoms with Crippen LogP contribution in [0.5, 0.6) is 5.75 Å². The number of nitrogens with zero attached hydrogens (tertiary/aromatic N) is 2. The second-order valence-electron chi connectivity index (χ2n) is 6.15. The summed E-state index contributed by atoms with van der Waals surface area (Å²) in [6.45, 7) is 1.33. The zero-order valence-corrected chi connectivity index (χ0v) is 15.6. The molecule has 5 nitrogen and oxygen atoms in total. The monoisotopic (exact) mass is 376 g/mol. The summed E-state index contributed by atoms with van der Waals surface area (Å²) in [4.78, 5) is 9.87. The minimum absolute atomic E-state index is 0.595. The number of rotatable bonds is 7. The number of para-hydroxylation sites is 1. The van der Waals surface area contributed by atoms with Gasteiger partial charge in [-0.3, -0.25) is 0 Å². The van der Waals surface area contributed by atoms with Gasteiger partial charge in [0, 0.05) is 22.5 Å². The molecule has 4 rings (SSSR count). The van der Waals surface area contributed by atoms with Gasteiger partial charge in [-0.1, -0.05) is 24.3 Å². The van der Waals surface area contributed by atoms with E-state index in [0.29, 0.717) is 12.3 Å². The predicted octanol–water partition coefficient (Wildman–Crippen LogP) is 4.51. The third-order valence-electron chi connectivity index (χ3n) is 4.27. The average molecular weight is 376 g/mol. The van der Waals surface area contributed by atoms with Crippen LogP contribution in [0.25, 0.3) is 10.9 Å². The molecule has 0 aliphatic heterocycles. The molecule has 0 fully saturated rings. The Hall–Kier alpha value is -3.12. The quantitative estimate of drug-likeness (QED) is 0.464. The second kappa shape index (κ2) is 8.05. The van der Waals surface area contributed by atoms with E-state index in [2.05, 4.69) is 32.8 Å². The van der Waals surface area contributed by atoms with Crippen molar-refractivity contribution in [2.45, 2.75) is 13.0 Å². The normalized spacial score (nSPS) is 10.8. The first-order valence-electron chi connectivity index (χ1n) is 8.77. The van der Waals surface area contributed by atoms with Gasteiger partial charge in [0.2, 0.25) is 0 Å². The Balaban J connectivity index is 1.43. The number of benzene rings is 2. The van der Waals surface area contributed by atoms with Crippen LogP contribution in [0.3, 0.4) is 0 Å². The number of ether oxygens (including phenoxy) is 1. The lowest BCUT2D eigenvalue weighted by Gasteiger charge is -2.12. The fourth-order valence-electron chi connectivity index (χ4n) is 2.93. The molecule has 0 atom stereocenters. The Morgan fingerprint density at radius 3 is 2.85 bits per heavy atom. The van der Waals surface area contributed by atoms with Gasteiger partial charge < -0.3 is 15.8 Å². The number of anilines is 2. The number of aromatic nitrogens is 2. The number of hydrogen-bond donors (Lipinski definition) is 2. The maximum absolute atomic E-state index is 6.01. The molecule has 0 bridgehead atoms. The summed E-state index contributed by atoms with van der Waals surface area (Å²) >= 11 is 1.70. The van der Waals surface area contributed by atoms with E-state index in [4.69, 9.17) is 10.5 Å². The predicted molar refractivity (Wildman–Crippen MR) is 111 cm³/mol. The van der Waals surface area contributed by atoms with E-state index in [1.165, 1.54) is 10.4 Å². The van der Waals surface area contributed by atoms with Crippen LogP contribution in [0.15, 0.2) is 66.3 Å². The summed E-state index contributed by atoms with van der Waals surface area (Å²) in [5, 5.41) is 6.39. The second-order valence-corrected chi connectivity index (χ2v) is 7.18. The highest BCUT2D eigenvalue weighted by molar-refractivity contribution is 7.09. The van der Waals surface area contributed by atoms with Crippen molar-refractivity contribution in [2.24, 2.45) is 0 Å². The van der Waals surface area contributed by atoms with Crippen LogP contribution in [0.1, 0.15) is 10.4 Å². The van der Waals surface area contributed by atoms with Crippen molar-refractivity contribution < 1.29 is 4.74 Å². The van der Waals surface area contributed by atoms with E-state index in [0.717, 1.165) is 35.4 Å². The van der Waals surface area contributed by atoms with E-state index in [-0.39, 0.29) is 0 Å². The van der Waals surface area contributed by atoms with E-state index in [9.17, 15) is 0 Å². The molecule has 136 valence electrons. The van der Waals surface area contributed by atoms with Gasteiger partial charge in [0.05, 0.1) is 5.52 Å². The first-order valence-corrected chi connectivity index (χ1v) is 9.65. The molecular weight excluding hydrogens is 356 g/mol. The van der Waals surface area contributed by atoms with E-state index in [1.54, 1.807) is 17.7 Å². The first kappa shape index (κ1) is 17.3. The van der Waals surface area contributed by atoms with Crippen LogP contribution in [0.2, 0.25) is 0 Å². The number of fused-ring (bicyclic) bond motifs is 1. The molecule has 0 amide bonds. The highest BCUT2D eigenvalue weighted by atomic mass is 32.1. The molecule has 0 unspecified atom stereocenters. The number of hydrogen-bond acceptors (Lipinski definition) is 6. The van der Waals surface area contributed by atoms with Crippen LogP contribution in [-0.2, 0) is 13.0 Å². The van der Waals surface area contributed by atoms with Crippen molar-refractivity contribution in [3.63, 3.8) is 0 Å². The number of nitrogens with two attached hydrogens (primary N) is 1. The van der Waals surface area contributed by atoms with Gasteiger partial charge in [0.15, 0.2) is 0 Å². The third-order valence-corrected chi connectivity index (χ3v) is 5.12. The van der Waals surface area contributed by atoms with Crippen molar-refractivity contribution in [3.05, 3.63) is 76.7 Å². The van der Waals surface area contributed by atoms with Crippen LogP contribution in [-0.4, -0.2) is 16.5 Å². The first-order chi connectivity index (χ1) is 13.3. The minimum atomic E-state index is 0.595. The molecule has 6 heteroatoms. The van der Waals surface area contributed by atoms with Crippen molar-refractivity contribution in [1.82, 2.24) is 9.97 Å². The summed E-state index contributed by atoms with van der Waals surface area (Å²) in [7, 11) is 0. The molecular formula is C21H20N4OS. The zero-order valence-electron chi connectivity index (χ0n) is 14.8. The van der Waals surface area contributed by atoms with Crippen LogP contribution in [0.4, 0.5) is 11.5 Å². The summed E-state index contributed by atoms with van der Waals surface area (Å²) in [6.07, 6.45) is 2.40. The minimum Gasteiger partial charge on any atom is -0.488 e. The van der Waals surface area contributed by atoms with Crippen molar-refractivity contribution in [3.8, 4) is 5.75 Å². The van der Waals surface area contributed by atoms with Crippen molar-refractivity contribution in [2.75, 3.05) is 17.6 Å². The Bertz CT molecular complexity index is 1030. The number of thiophene rings is 1. The van der Waals surface area contributed by atoms with Gasteiger partial charge in [0.25, 0.3) is 0 Å². The lowest BCUT2D eigenvalue weighted by molar-refractivity contribution is 0.306. The molecule has 3 N–H and O–H groups in total. The van der Waals surface area contributed by atoms with E-state index < -0.39 is 0 Å². The molecule has 0 spiro atoms. The molecule has 2 aromatic carbocycles. The topological polar surface area (TPSA) is 73.1 Å². The van der Waals surface area contributed by atoms with Gasteiger partial charge in [-0.2, -0.15) is 0 Å². The Morgan fingerprint density at radius 2 is 1.96 bits per heavy atom. The van der Waals surface area contributed by atoms with Gasteiger partial charge in [0.1, 0.15) is 24.5 Å². The van der Waals surface area contributed by atoms with E-state index >= 15 is 0 Å². The molecule has 2 aromatic heterocycles. The van der Waals surface area contributed by atoms with Crippen LogP contribution >= 0.6 is 11.3 Å². The highest BCUT2D eigenvalue weighted by Gasteiger charge is 2.07. The van der Waals surface area contributed by atoms with E-state index in [1.807, 2.05) is 42.5 Å². The standard InChI is InChI=1S/C21H20N4OS/c22-16-7-8-19-18(12-16)21(25-14-24-19)23-10-9-15-4-1-2-6-20(15)26-13-17-5-3-11-27-17/h1-8,11-12,14H,9-10,13,22H2,(H,23,24,25). The maximum atomic E-state index is 6.01. The molecule has 27 heavy (non-hydrogen) atoms. The van der Waals surface area contributed by atoms with Crippen LogP contribution in [0, 0.1) is 0 Å². The largest absolute Gasteiger partial charge is 0.488 e. The van der Waals surface area contributed by atoms with Gasteiger partial charge in [-0.15, -0.1) is 11.3 Å². The number of nitrogen functional groups attached to an aromatic ring is 1. The maximum Gasteiger partial charge on any atom is 0.137 e. The molecule has 0 aliphatic carbocycles. The summed E-state index contributed by atoms with van der Waals surface area (Å²) in [6, 6.07) is 17.9. The summed E-state index contributed by atoms with van der Waals surface area (Å²) < 4.78 is 6.01. The van der Waals surface area contributed by atoms with Gasteiger partial charge in [-0.05, 0) is 47.7 Å². The molecule has 0 saturated carbocycles. The SMILES string of the molecule is Nc1ccc2ncnc(NCCc3ccccc3OCc3cccs3)c2c1. The fraction of sp³-hybridized carbons (Fsp3) is 0.143. The summed E-state index contributed by atoms with van der Waals surface area (Å²) in [5.74, 6) is 1.72. The van der Waals surface area contributed by atoms with Crippen molar-refractivity contribution >= 4 is 33.7 Å². The van der Waals surface area contributed by atoms with Crippen molar-refractivity contribution in [1.29, 1.82) is 0 Å². The molecule has 0 radical (unpaired) electrons. The third kappa shape index (κ3) is 4.17. The van der Waals surface area contributed by atoms with Gasteiger partial charge in [-0.25, -0.2) is 9.97 Å². The lowest BCUT2D eigenvalue weighted by Crippen LogP contribution is -2.08. The fourth-order valence-corrected chi connectivity index (χ4v) is 3.54. The summed E-state index contributed by atoms with van der Waals surface area (Å²) in [5.41, 5.74) is 8.65. The van der Waals surface area contributed by atoms with Crippen LogP contribution < -0.4 is 15.8 Å².